The first-order valence-electron chi connectivity index (χ1n) is 7.83. The van der Waals surface area contributed by atoms with Crippen molar-refractivity contribution < 1.29 is 4.74 Å². The van der Waals surface area contributed by atoms with E-state index in [2.05, 4.69) is 21.9 Å². The first-order chi connectivity index (χ1) is 10.3. The van der Waals surface area contributed by atoms with Gasteiger partial charge in [0.05, 0.1) is 12.7 Å². The number of rotatable bonds is 4. The molecule has 4 nitrogen and oxygen atoms in total. The highest BCUT2D eigenvalue weighted by Crippen LogP contribution is 2.24. The second-order valence-electron chi connectivity index (χ2n) is 6.07. The lowest BCUT2D eigenvalue weighted by molar-refractivity contribution is 0.230. The molecular formula is C17H23N3O. The van der Waals surface area contributed by atoms with E-state index in [4.69, 9.17) is 4.74 Å². The highest BCUT2D eigenvalue weighted by Gasteiger charge is 2.29. The molecule has 1 unspecified atom stereocenters. The van der Waals surface area contributed by atoms with Crippen LogP contribution in [0.1, 0.15) is 30.4 Å². The number of hydrogen-bond acceptors (Lipinski definition) is 4. The predicted molar refractivity (Wildman–Crippen MR) is 82.2 cm³/mol. The minimum absolute atomic E-state index is 0.630. The molecule has 0 aliphatic carbocycles. The lowest BCUT2D eigenvalue weighted by Gasteiger charge is -2.23. The van der Waals surface area contributed by atoms with E-state index in [0.717, 1.165) is 25.7 Å². The van der Waals surface area contributed by atoms with Crippen molar-refractivity contribution in [2.45, 2.75) is 31.8 Å². The molecule has 0 bridgehead atoms. The molecule has 0 N–H and O–H groups in total. The van der Waals surface area contributed by atoms with Crippen LogP contribution in [0.15, 0.2) is 18.2 Å². The zero-order valence-corrected chi connectivity index (χ0v) is 12.7. The van der Waals surface area contributed by atoms with E-state index in [1.165, 1.54) is 37.9 Å². The number of methoxy groups -OCH3 is 1. The van der Waals surface area contributed by atoms with E-state index in [9.17, 15) is 5.26 Å². The first-order valence-corrected chi connectivity index (χ1v) is 7.83. The van der Waals surface area contributed by atoms with Gasteiger partial charge in [0.15, 0.2) is 0 Å². The maximum absolute atomic E-state index is 9.17. The second kappa shape index (κ2) is 6.46. The fraction of sp³-hybridized carbons (Fsp3) is 0.588. The van der Waals surface area contributed by atoms with Gasteiger partial charge in [-0.25, -0.2) is 0 Å². The third kappa shape index (κ3) is 3.20. The van der Waals surface area contributed by atoms with Gasteiger partial charge in [0.1, 0.15) is 11.8 Å². The fourth-order valence-electron chi connectivity index (χ4n) is 3.56. The van der Waals surface area contributed by atoms with Crippen LogP contribution in [0.4, 0.5) is 0 Å². The fourth-order valence-corrected chi connectivity index (χ4v) is 3.56. The normalized spacial score (nSPS) is 23.3. The van der Waals surface area contributed by atoms with Gasteiger partial charge in [-0.2, -0.15) is 5.26 Å². The summed E-state index contributed by atoms with van der Waals surface area (Å²) >= 11 is 0. The van der Waals surface area contributed by atoms with Crippen LogP contribution in [0.25, 0.3) is 0 Å². The molecule has 0 amide bonds. The number of nitrogens with zero attached hydrogens (tertiary/aromatic N) is 3. The highest BCUT2D eigenvalue weighted by atomic mass is 16.5. The topological polar surface area (TPSA) is 39.5 Å². The zero-order valence-electron chi connectivity index (χ0n) is 12.7. The van der Waals surface area contributed by atoms with Crippen molar-refractivity contribution in [2.24, 2.45) is 0 Å². The van der Waals surface area contributed by atoms with Crippen molar-refractivity contribution in [3.05, 3.63) is 29.3 Å². The zero-order chi connectivity index (χ0) is 14.7. The molecule has 1 atom stereocenters. The average molecular weight is 285 g/mol. The van der Waals surface area contributed by atoms with Crippen molar-refractivity contribution in [2.75, 3.05) is 33.3 Å². The standard InChI is InChI=1S/C17H23N3O/c1-21-17-5-4-14(10-15(17)11-18)12-19-9-6-16(13-19)20-7-2-3-8-20/h4-5,10,16H,2-3,6-9,12-13H2,1H3. The van der Waals surface area contributed by atoms with Gasteiger partial charge < -0.3 is 4.74 Å². The van der Waals surface area contributed by atoms with Crippen LogP contribution in [0.5, 0.6) is 5.75 Å². The molecule has 112 valence electrons. The first kappa shape index (κ1) is 14.4. The largest absolute Gasteiger partial charge is 0.495 e. The molecule has 1 aromatic carbocycles. The molecule has 2 saturated heterocycles. The van der Waals surface area contributed by atoms with Crippen molar-refractivity contribution in [3.63, 3.8) is 0 Å². The summed E-state index contributed by atoms with van der Waals surface area (Å²) in [5.74, 6) is 0.664. The van der Waals surface area contributed by atoms with E-state index in [-0.39, 0.29) is 0 Å². The Morgan fingerprint density at radius 3 is 2.81 bits per heavy atom. The van der Waals surface area contributed by atoms with Gasteiger partial charge >= 0.3 is 0 Å². The van der Waals surface area contributed by atoms with E-state index in [1.54, 1.807) is 7.11 Å². The average Bonchev–Trinajstić information content (AvgIpc) is 3.17. The summed E-state index contributed by atoms with van der Waals surface area (Å²) in [6.07, 6.45) is 4.00. The van der Waals surface area contributed by atoms with Crippen molar-refractivity contribution in [3.8, 4) is 11.8 Å². The number of ether oxygens (including phenoxy) is 1. The Morgan fingerprint density at radius 2 is 2.10 bits per heavy atom. The van der Waals surface area contributed by atoms with Crippen LogP contribution in [-0.2, 0) is 6.54 Å². The SMILES string of the molecule is COc1ccc(CN2CCC(N3CCCC3)C2)cc1C#N. The lowest BCUT2D eigenvalue weighted by Crippen LogP contribution is -2.35. The quantitative estimate of drug-likeness (QED) is 0.850. The molecule has 0 saturated carbocycles. The molecule has 2 fully saturated rings. The van der Waals surface area contributed by atoms with E-state index >= 15 is 0 Å². The van der Waals surface area contributed by atoms with Crippen LogP contribution < -0.4 is 4.74 Å². The van der Waals surface area contributed by atoms with Gasteiger partial charge in [-0.05, 0) is 50.0 Å². The maximum atomic E-state index is 9.17. The molecule has 2 heterocycles. The number of benzene rings is 1. The highest BCUT2D eigenvalue weighted by molar-refractivity contribution is 5.45. The van der Waals surface area contributed by atoms with Crippen LogP contribution in [0.3, 0.4) is 0 Å². The minimum Gasteiger partial charge on any atom is -0.495 e. The molecule has 0 aromatic heterocycles. The summed E-state index contributed by atoms with van der Waals surface area (Å²) in [5, 5.41) is 9.17. The van der Waals surface area contributed by atoms with Crippen molar-refractivity contribution >= 4 is 0 Å². The third-order valence-corrected chi connectivity index (χ3v) is 4.70. The predicted octanol–water partition coefficient (Wildman–Crippen LogP) is 2.24. The summed E-state index contributed by atoms with van der Waals surface area (Å²) in [5.41, 5.74) is 1.83. The Labute approximate surface area is 126 Å². The van der Waals surface area contributed by atoms with E-state index < -0.39 is 0 Å². The molecule has 0 radical (unpaired) electrons. The van der Waals surface area contributed by atoms with Gasteiger partial charge in [-0.3, -0.25) is 9.80 Å². The van der Waals surface area contributed by atoms with Gasteiger partial charge in [0, 0.05) is 25.7 Å². The molecule has 3 rings (SSSR count). The number of nitriles is 1. The molecule has 2 aliphatic rings. The minimum atomic E-state index is 0.630. The van der Waals surface area contributed by atoms with Crippen molar-refractivity contribution in [1.82, 2.24) is 9.80 Å². The smallest absolute Gasteiger partial charge is 0.136 e. The molecule has 4 heteroatoms. The Balaban J connectivity index is 1.61. The lowest BCUT2D eigenvalue weighted by atomic mass is 10.1. The van der Waals surface area contributed by atoms with Crippen LogP contribution in [-0.4, -0.2) is 49.1 Å². The van der Waals surface area contributed by atoms with Crippen LogP contribution >= 0.6 is 0 Å². The Kier molecular flexibility index (Phi) is 4.42. The Bertz CT molecular complexity index is 531. The summed E-state index contributed by atoms with van der Waals surface area (Å²) in [6.45, 7) is 5.81. The summed E-state index contributed by atoms with van der Waals surface area (Å²) < 4.78 is 5.20. The Morgan fingerprint density at radius 1 is 1.29 bits per heavy atom. The van der Waals surface area contributed by atoms with Gasteiger partial charge in [-0.1, -0.05) is 6.07 Å². The number of likely N-dealkylation sites (tertiary alicyclic amines) is 2. The monoisotopic (exact) mass is 285 g/mol. The second-order valence-corrected chi connectivity index (χ2v) is 6.07. The van der Waals surface area contributed by atoms with E-state index in [1.807, 2.05) is 12.1 Å². The Hall–Kier alpha value is -1.57. The molecule has 2 aliphatic heterocycles. The summed E-state index contributed by atoms with van der Waals surface area (Å²) in [4.78, 5) is 5.15. The van der Waals surface area contributed by atoms with Gasteiger partial charge in [0.25, 0.3) is 0 Å². The van der Waals surface area contributed by atoms with Crippen LogP contribution in [0, 0.1) is 11.3 Å². The molecule has 0 spiro atoms. The molecular weight excluding hydrogens is 262 g/mol. The van der Waals surface area contributed by atoms with Gasteiger partial charge in [-0.15, -0.1) is 0 Å². The number of hydrogen-bond donors (Lipinski definition) is 0. The molecule has 21 heavy (non-hydrogen) atoms. The van der Waals surface area contributed by atoms with Crippen LogP contribution in [0.2, 0.25) is 0 Å². The maximum Gasteiger partial charge on any atom is 0.136 e. The third-order valence-electron chi connectivity index (χ3n) is 4.70. The van der Waals surface area contributed by atoms with Gasteiger partial charge in [0.2, 0.25) is 0 Å². The van der Waals surface area contributed by atoms with E-state index in [0.29, 0.717) is 11.3 Å². The summed E-state index contributed by atoms with van der Waals surface area (Å²) in [7, 11) is 1.61. The summed E-state index contributed by atoms with van der Waals surface area (Å²) in [6, 6.07) is 8.89. The van der Waals surface area contributed by atoms with Crippen molar-refractivity contribution in [1.29, 1.82) is 5.26 Å². The molecule has 1 aromatic rings.